The molecule has 0 saturated heterocycles. The van der Waals surface area contributed by atoms with E-state index in [1.165, 1.54) is 0 Å². The second-order valence-electron chi connectivity index (χ2n) is 5.83. The zero-order chi connectivity index (χ0) is 19.4. The molecule has 1 heterocycles. The number of carbonyl (C=O) groups is 4. The van der Waals surface area contributed by atoms with E-state index in [4.69, 9.17) is 10.5 Å². The maximum absolute atomic E-state index is 12.6. The molecule has 4 N–H and O–H groups in total. The number of anilines is 1. The smallest absolute Gasteiger partial charge is 0.341 e. The molecule has 26 heavy (non-hydrogen) atoms. The van der Waals surface area contributed by atoms with Gasteiger partial charge < -0.3 is 20.9 Å². The number of carboxylic acids is 1. The van der Waals surface area contributed by atoms with Gasteiger partial charge in [-0.15, -0.1) is 11.3 Å². The number of allylic oxidation sites excluding steroid dienone is 2. The number of primary amides is 1. The van der Waals surface area contributed by atoms with Crippen LogP contribution in [0.15, 0.2) is 12.2 Å². The fraction of sp³-hybridized carbons (Fsp3) is 0.412. The average Bonchev–Trinajstić information content (AvgIpc) is 2.91. The van der Waals surface area contributed by atoms with Crippen LogP contribution in [0.4, 0.5) is 5.00 Å². The predicted molar refractivity (Wildman–Crippen MR) is 95.1 cm³/mol. The van der Waals surface area contributed by atoms with Crippen molar-refractivity contribution < 1.29 is 29.0 Å². The van der Waals surface area contributed by atoms with E-state index in [-0.39, 0.29) is 34.9 Å². The van der Waals surface area contributed by atoms with Gasteiger partial charge in [-0.2, -0.15) is 0 Å². The number of aliphatic carboxylic acids is 1. The van der Waals surface area contributed by atoms with Crippen LogP contribution in [0.1, 0.15) is 45.4 Å². The van der Waals surface area contributed by atoms with Crippen LogP contribution in [-0.4, -0.2) is 35.5 Å². The van der Waals surface area contributed by atoms with Crippen molar-refractivity contribution in [2.45, 2.75) is 26.7 Å². The molecule has 140 valence electrons. The van der Waals surface area contributed by atoms with Gasteiger partial charge in [-0.3, -0.25) is 14.4 Å². The Morgan fingerprint density at radius 2 is 1.88 bits per heavy atom. The van der Waals surface area contributed by atoms with Crippen molar-refractivity contribution >= 4 is 40.1 Å². The van der Waals surface area contributed by atoms with Gasteiger partial charge in [0.05, 0.1) is 28.9 Å². The third-order valence-corrected chi connectivity index (χ3v) is 5.40. The van der Waals surface area contributed by atoms with E-state index >= 15 is 0 Å². The van der Waals surface area contributed by atoms with Crippen LogP contribution < -0.4 is 11.1 Å². The summed E-state index contributed by atoms with van der Waals surface area (Å²) in [6.45, 7) is 3.31. The Morgan fingerprint density at radius 1 is 1.27 bits per heavy atom. The first-order valence-corrected chi connectivity index (χ1v) is 8.88. The van der Waals surface area contributed by atoms with Crippen molar-refractivity contribution in [2.24, 2.45) is 17.6 Å². The summed E-state index contributed by atoms with van der Waals surface area (Å²) < 4.78 is 4.99. The standard InChI is InChI=1S/C17H20N2O6S/c1-3-25-17(24)11-8(2)12(13(18)20)26-15(11)19-14(21)9-6-4-5-7-10(9)16(22)23/h4-5,9-10H,3,6-7H2,1-2H3,(H2,18,20)(H,19,21)(H,22,23)/t9-,10+/m1/s1. The average molecular weight is 380 g/mol. The predicted octanol–water partition coefficient (Wildman–Crippen LogP) is 1.94. The molecule has 0 aromatic carbocycles. The van der Waals surface area contributed by atoms with Crippen molar-refractivity contribution in [3.8, 4) is 0 Å². The van der Waals surface area contributed by atoms with Crippen LogP contribution in [0, 0.1) is 18.8 Å². The van der Waals surface area contributed by atoms with Gasteiger partial charge in [-0.05, 0) is 32.3 Å². The molecule has 0 spiro atoms. The molecule has 1 aromatic rings. The molecule has 0 radical (unpaired) electrons. The molecule has 0 bridgehead atoms. The number of hydrogen-bond donors (Lipinski definition) is 3. The Morgan fingerprint density at radius 3 is 2.42 bits per heavy atom. The molecular weight excluding hydrogens is 360 g/mol. The molecule has 2 amide bonds. The van der Waals surface area contributed by atoms with Gasteiger partial charge in [0.15, 0.2) is 0 Å². The number of ether oxygens (including phenoxy) is 1. The summed E-state index contributed by atoms with van der Waals surface area (Å²) in [5.41, 5.74) is 5.72. The minimum absolute atomic E-state index is 0.0669. The number of thiophene rings is 1. The summed E-state index contributed by atoms with van der Waals surface area (Å²) in [4.78, 5) is 48.0. The molecule has 9 heteroatoms. The third kappa shape index (κ3) is 3.93. The Bertz CT molecular complexity index is 782. The SMILES string of the molecule is CCOC(=O)c1c(NC(=O)[C@@H]2CC=CC[C@@H]2C(=O)O)sc(C(N)=O)c1C. The van der Waals surface area contributed by atoms with Crippen molar-refractivity contribution in [1.29, 1.82) is 0 Å². The van der Waals surface area contributed by atoms with E-state index in [0.29, 0.717) is 5.56 Å². The number of nitrogens with one attached hydrogen (secondary N) is 1. The first-order chi connectivity index (χ1) is 12.3. The Kier molecular flexibility index (Phi) is 6.14. The van der Waals surface area contributed by atoms with Crippen LogP contribution in [0.3, 0.4) is 0 Å². The van der Waals surface area contributed by atoms with E-state index < -0.39 is 35.6 Å². The molecule has 2 rings (SSSR count). The minimum atomic E-state index is -1.06. The molecule has 1 aliphatic carbocycles. The zero-order valence-corrected chi connectivity index (χ0v) is 15.2. The van der Waals surface area contributed by atoms with Crippen LogP contribution >= 0.6 is 11.3 Å². The maximum Gasteiger partial charge on any atom is 0.341 e. The van der Waals surface area contributed by atoms with E-state index in [0.717, 1.165) is 11.3 Å². The number of amides is 2. The lowest BCUT2D eigenvalue weighted by Gasteiger charge is -2.24. The number of nitrogens with two attached hydrogens (primary N) is 1. The van der Waals surface area contributed by atoms with Crippen molar-refractivity contribution in [3.05, 3.63) is 28.2 Å². The van der Waals surface area contributed by atoms with Crippen molar-refractivity contribution in [3.63, 3.8) is 0 Å². The molecule has 0 unspecified atom stereocenters. The van der Waals surface area contributed by atoms with Gasteiger partial charge in [0.25, 0.3) is 5.91 Å². The van der Waals surface area contributed by atoms with E-state index in [2.05, 4.69) is 5.32 Å². The summed E-state index contributed by atoms with van der Waals surface area (Å²) in [7, 11) is 0. The highest BCUT2D eigenvalue weighted by Crippen LogP contribution is 2.35. The minimum Gasteiger partial charge on any atom is -0.481 e. The van der Waals surface area contributed by atoms with E-state index in [1.807, 2.05) is 0 Å². The first kappa shape index (κ1) is 19.6. The maximum atomic E-state index is 12.6. The lowest BCUT2D eigenvalue weighted by atomic mass is 9.82. The van der Waals surface area contributed by atoms with E-state index in [1.54, 1.807) is 26.0 Å². The highest BCUT2D eigenvalue weighted by atomic mass is 32.1. The second kappa shape index (κ2) is 8.13. The fourth-order valence-corrected chi connectivity index (χ4v) is 3.92. The monoisotopic (exact) mass is 380 g/mol. The number of hydrogen-bond acceptors (Lipinski definition) is 6. The number of carbonyl (C=O) groups excluding carboxylic acids is 3. The summed E-state index contributed by atoms with van der Waals surface area (Å²) in [6.07, 6.45) is 4.02. The number of carboxylic acid groups (broad SMARTS) is 1. The molecule has 2 atom stereocenters. The van der Waals surface area contributed by atoms with Crippen LogP contribution in [0.2, 0.25) is 0 Å². The summed E-state index contributed by atoms with van der Waals surface area (Å²) >= 11 is 0.878. The first-order valence-electron chi connectivity index (χ1n) is 8.06. The quantitative estimate of drug-likeness (QED) is 0.510. The van der Waals surface area contributed by atoms with Crippen molar-refractivity contribution in [2.75, 3.05) is 11.9 Å². The summed E-state index contributed by atoms with van der Waals surface area (Å²) in [6, 6.07) is 0. The van der Waals surface area contributed by atoms with Gasteiger partial charge in [-0.25, -0.2) is 4.79 Å². The van der Waals surface area contributed by atoms with E-state index in [9.17, 15) is 24.3 Å². The fourth-order valence-electron chi connectivity index (χ4n) is 2.87. The van der Waals surface area contributed by atoms with Gasteiger partial charge >= 0.3 is 11.9 Å². The lowest BCUT2D eigenvalue weighted by molar-refractivity contribution is -0.146. The molecular formula is C17H20N2O6S. The topological polar surface area (TPSA) is 136 Å². The third-order valence-electron chi connectivity index (χ3n) is 4.17. The largest absolute Gasteiger partial charge is 0.481 e. The Hall–Kier alpha value is -2.68. The Balaban J connectivity index is 2.35. The molecule has 0 saturated carbocycles. The molecule has 0 aliphatic heterocycles. The highest BCUT2D eigenvalue weighted by molar-refractivity contribution is 7.18. The van der Waals surface area contributed by atoms with Crippen molar-refractivity contribution in [1.82, 2.24) is 0 Å². The molecule has 8 nitrogen and oxygen atoms in total. The van der Waals surface area contributed by atoms with Gasteiger partial charge in [-0.1, -0.05) is 12.2 Å². The Labute approximate surface area is 154 Å². The molecule has 0 fully saturated rings. The van der Waals surface area contributed by atoms with Crippen LogP contribution in [0.25, 0.3) is 0 Å². The van der Waals surface area contributed by atoms with Gasteiger partial charge in [0.2, 0.25) is 5.91 Å². The second-order valence-corrected chi connectivity index (χ2v) is 6.85. The molecule has 1 aliphatic rings. The lowest BCUT2D eigenvalue weighted by Crippen LogP contribution is -2.34. The zero-order valence-electron chi connectivity index (χ0n) is 14.4. The highest BCUT2D eigenvalue weighted by Gasteiger charge is 2.35. The van der Waals surface area contributed by atoms with Gasteiger partial charge in [0, 0.05) is 0 Å². The summed E-state index contributed by atoms with van der Waals surface area (Å²) in [5, 5.41) is 12.0. The van der Waals surface area contributed by atoms with Crippen LogP contribution in [0.5, 0.6) is 0 Å². The number of esters is 1. The van der Waals surface area contributed by atoms with Crippen LogP contribution in [-0.2, 0) is 14.3 Å². The molecule has 1 aromatic heterocycles. The summed E-state index contributed by atoms with van der Waals surface area (Å²) in [5.74, 6) is -4.59. The normalized spacial score (nSPS) is 19.0. The van der Waals surface area contributed by atoms with Gasteiger partial charge in [0.1, 0.15) is 5.00 Å². The number of rotatable bonds is 6.